The van der Waals surface area contributed by atoms with Gasteiger partial charge in [0.25, 0.3) is 0 Å². The Morgan fingerprint density at radius 3 is 2.38 bits per heavy atom. The predicted molar refractivity (Wildman–Crippen MR) is 84.6 cm³/mol. The fraction of sp³-hybridized carbons (Fsp3) is 0.500. The first-order valence-electron chi connectivity index (χ1n) is 6.56. The van der Waals surface area contributed by atoms with E-state index < -0.39 is 16.0 Å². The average Bonchev–Trinajstić information content (AvgIpc) is 2.29. The first kappa shape index (κ1) is 18.1. The van der Waals surface area contributed by atoms with Crippen molar-refractivity contribution in [2.45, 2.75) is 45.1 Å². The van der Waals surface area contributed by atoms with Gasteiger partial charge in [0.05, 0.1) is 16.6 Å². The van der Waals surface area contributed by atoms with Crippen LogP contribution in [-0.4, -0.2) is 20.5 Å². The molecule has 0 spiro atoms. The van der Waals surface area contributed by atoms with E-state index in [1.54, 1.807) is 6.92 Å². The smallest absolute Gasteiger partial charge is 0.338 e. The fourth-order valence-corrected chi connectivity index (χ4v) is 3.45. The van der Waals surface area contributed by atoms with Crippen molar-refractivity contribution in [2.24, 2.45) is 11.1 Å². The molecular formula is C14H20BrNO4S. The van der Waals surface area contributed by atoms with Crippen molar-refractivity contribution in [3.8, 4) is 0 Å². The van der Waals surface area contributed by atoms with Crippen LogP contribution < -0.4 is 5.14 Å². The SMILES string of the molecule is Cc1c(Br)cc(C(=O)OC(C)CC(C)C)cc1S(N)(=O)=O. The molecule has 0 amide bonds. The number of hydrogen-bond donors (Lipinski definition) is 1. The van der Waals surface area contributed by atoms with Crippen LogP contribution in [0.2, 0.25) is 0 Å². The highest BCUT2D eigenvalue weighted by atomic mass is 79.9. The number of rotatable bonds is 5. The molecule has 21 heavy (non-hydrogen) atoms. The average molecular weight is 378 g/mol. The van der Waals surface area contributed by atoms with E-state index >= 15 is 0 Å². The zero-order valence-electron chi connectivity index (χ0n) is 12.5. The number of sulfonamides is 1. The quantitative estimate of drug-likeness (QED) is 0.798. The summed E-state index contributed by atoms with van der Waals surface area (Å²) in [6.45, 7) is 7.49. The molecule has 1 aromatic rings. The van der Waals surface area contributed by atoms with Gasteiger partial charge in [-0.1, -0.05) is 29.8 Å². The third-order valence-corrected chi connectivity index (χ3v) is 4.81. The van der Waals surface area contributed by atoms with E-state index in [4.69, 9.17) is 9.88 Å². The van der Waals surface area contributed by atoms with E-state index in [1.807, 2.05) is 20.8 Å². The van der Waals surface area contributed by atoms with Gasteiger partial charge in [0, 0.05) is 4.47 Å². The Bertz CT molecular complexity index is 641. The van der Waals surface area contributed by atoms with Crippen LogP contribution in [0, 0.1) is 12.8 Å². The van der Waals surface area contributed by atoms with Crippen LogP contribution >= 0.6 is 15.9 Å². The van der Waals surface area contributed by atoms with Crippen molar-refractivity contribution in [1.82, 2.24) is 0 Å². The molecule has 1 aromatic carbocycles. The molecule has 0 bridgehead atoms. The summed E-state index contributed by atoms with van der Waals surface area (Å²) in [7, 11) is -3.90. The summed E-state index contributed by atoms with van der Waals surface area (Å²) in [5, 5.41) is 5.16. The van der Waals surface area contributed by atoms with Gasteiger partial charge in [0.15, 0.2) is 0 Å². The maximum Gasteiger partial charge on any atom is 0.338 e. The number of halogens is 1. The molecule has 0 aliphatic carbocycles. The van der Waals surface area contributed by atoms with Crippen LogP contribution in [0.5, 0.6) is 0 Å². The van der Waals surface area contributed by atoms with Crippen LogP contribution in [0.15, 0.2) is 21.5 Å². The second-order valence-corrected chi connectivity index (χ2v) is 7.86. The van der Waals surface area contributed by atoms with Gasteiger partial charge in [0.2, 0.25) is 10.0 Å². The Morgan fingerprint density at radius 2 is 1.90 bits per heavy atom. The second-order valence-electron chi connectivity index (χ2n) is 5.47. The maximum absolute atomic E-state index is 12.1. The number of carbonyl (C=O) groups excluding carboxylic acids is 1. The molecular weight excluding hydrogens is 358 g/mol. The molecule has 0 fully saturated rings. The summed E-state index contributed by atoms with van der Waals surface area (Å²) >= 11 is 3.24. The highest BCUT2D eigenvalue weighted by Gasteiger charge is 2.20. The Morgan fingerprint density at radius 1 is 1.33 bits per heavy atom. The number of ether oxygens (including phenoxy) is 1. The molecule has 0 aliphatic heterocycles. The van der Waals surface area contributed by atoms with Gasteiger partial charge in [0.1, 0.15) is 0 Å². The topological polar surface area (TPSA) is 86.5 Å². The van der Waals surface area contributed by atoms with Crippen molar-refractivity contribution in [2.75, 3.05) is 0 Å². The first-order valence-corrected chi connectivity index (χ1v) is 8.90. The predicted octanol–water partition coefficient (Wildman–Crippen LogP) is 3.00. The Hall–Kier alpha value is -0.920. The van der Waals surface area contributed by atoms with Gasteiger partial charge in [-0.2, -0.15) is 0 Å². The Labute approximate surface area is 134 Å². The van der Waals surface area contributed by atoms with Gasteiger partial charge in [-0.25, -0.2) is 18.4 Å². The molecule has 118 valence electrons. The summed E-state index contributed by atoms with van der Waals surface area (Å²) in [4.78, 5) is 12.0. The van der Waals surface area contributed by atoms with E-state index in [0.29, 0.717) is 16.0 Å². The van der Waals surface area contributed by atoms with Crippen molar-refractivity contribution in [3.05, 3.63) is 27.7 Å². The third-order valence-electron chi connectivity index (χ3n) is 2.95. The van der Waals surface area contributed by atoms with Crippen molar-refractivity contribution in [3.63, 3.8) is 0 Å². The lowest BCUT2D eigenvalue weighted by Gasteiger charge is -2.16. The van der Waals surface area contributed by atoms with Crippen LogP contribution in [0.3, 0.4) is 0 Å². The largest absolute Gasteiger partial charge is 0.459 e. The zero-order valence-corrected chi connectivity index (χ0v) is 14.9. The second kappa shape index (κ2) is 6.89. The molecule has 0 aliphatic rings. The number of carbonyl (C=O) groups is 1. The number of nitrogens with two attached hydrogens (primary N) is 1. The lowest BCUT2D eigenvalue weighted by atomic mass is 10.1. The normalized spacial score (nSPS) is 13.3. The molecule has 5 nitrogen and oxygen atoms in total. The zero-order chi connectivity index (χ0) is 16.4. The molecule has 0 aromatic heterocycles. The number of primary sulfonamides is 1. The number of esters is 1. The Kier molecular flexibility index (Phi) is 5.95. The molecule has 1 unspecified atom stereocenters. The van der Waals surface area contributed by atoms with Gasteiger partial charge in [-0.15, -0.1) is 0 Å². The van der Waals surface area contributed by atoms with E-state index in [2.05, 4.69) is 15.9 Å². The highest BCUT2D eigenvalue weighted by Crippen LogP contribution is 2.26. The molecule has 0 radical (unpaired) electrons. The molecule has 0 heterocycles. The van der Waals surface area contributed by atoms with E-state index in [-0.39, 0.29) is 16.6 Å². The van der Waals surface area contributed by atoms with Crippen LogP contribution in [-0.2, 0) is 14.8 Å². The van der Waals surface area contributed by atoms with Crippen molar-refractivity contribution >= 4 is 31.9 Å². The summed E-state index contributed by atoms with van der Waals surface area (Å²) < 4.78 is 28.9. The van der Waals surface area contributed by atoms with Crippen LogP contribution in [0.4, 0.5) is 0 Å². The van der Waals surface area contributed by atoms with Gasteiger partial charge < -0.3 is 4.74 Å². The van der Waals surface area contributed by atoms with E-state index in [1.165, 1.54) is 12.1 Å². The van der Waals surface area contributed by atoms with Gasteiger partial charge in [-0.05, 0) is 43.9 Å². The molecule has 1 atom stereocenters. The molecule has 7 heteroatoms. The lowest BCUT2D eigenvalue weighted by molar-refractivity contribution is 0.0299. The third kappa shape index (κ3) is 5.09. The Balaban J connectivity index is 3.09. The summed E-state index contributed by atoms with van der Waals surface area (Å²) in [6, 6.07) is 2.79. The van der Waals surface area contributed by atoms with Crippen molar-refractivity contribution in [1.29, 1.82) is 0 Å². The fourth-order valence-electron chi connectivity index (χ4n) is 2.03. The summed E-state index contributed by atoms with van der Waals surface area (Å²) in [6.07, 6.45) is 0.497. The van der Waals surface area contributed by atoms with Crippen molar-refractivity contribution < 1.29 is 17.9 Å². The maximum atomic E-state index is 12.1. The van der Waals surface area contributed by atoms with Crippen LogP contribution in [0.1, 0.15) is 43.1 Å². The molecule has 0 saturated carbocycles. The van der Waals surface area contributed by atoms with Crippen LogP contribution in [0.25, 0.3) is 0 Å². The minimum Gasteiger partial charge on any atom is -0.459 e. The van der Waals surface area contributed by atoms with Gasteiger partial charge >= 0.3 is 5.97 Å². The summed E-state index contributed by atoms with van der Waals surface area (Å²) in [5.41, 5.74) is 0.622. The number of benzene rings is 1. The molecule has 2 N–H and O–H groups in total. The van der Waals surface area contributed by atoms with E-state index in [9.17, 15) is 13.2 Å². The standard InChI is InChI=1S/C14H20BrNO4S/c1-8(2)5-9(3)20-14(17)11-6-12(15)10(4)13(7-11)21(16,18)19/h6-9H,5H2,1-4H3,(H2,16,18,19). The first-order chi connectivity index (χ1) is 9.52. The van der Waals surface area contributed by atoms with E-state index in [0.717, 1.165) is 6.42 Å². The number of hydrogen-bond acceptors (Lipinski definition) is 4. The highest BCUT2D eigenvalue weighted by molar-refractivity contribution is 9.10. The minimum absolute atomic E-state index is 0.0830. The monoisotopic (exact) mass is 377 g/mol. The molecule has 1 rings (SSSR count). The summed E-state index contributed by atoms with van der Waals surface area (Å²) in [5.74, 6) is -0.161. The van der Waals surface area contributed by atoms with Gasteiger partial charge in [-0.3, -0.25) is 0 Å². The lowest BCUT2D eigenvalue weighted by Crippen LogP contribution is -2.19. The minimum atomic E-state index is -3.90. The molecule has 0 saturated heterocycles.